The fraction of sp³-hybridized carbons (Fsp3) is 0.167. The van der Waals surface area contributed by atoms with Crippen molar-refractivity contribution in [1.82, 2.24) is 5.16 Å². The first kappa shape index (κ1) is 13.6. The second kappa shape index (κ2) is 5.85. The third-order valence-corrected chi connectivity index (χ3v) is 2.83. The lowest BCUT2D eigenvalue weighted by atomic mass is 10.2. The molecule has 3 N–H and O–H groups in total. The fourth-order valence-electron chi connectivity index (χ4n) is 1.46. The van der Waals surface area contributed by atoms with Crippen molar-refractivity contribution in [3.63, 3.8) is 0 Å². The van der Waals surface area contributed by atoms with Gasteiger partial charge in [0.05, 0.1) is 11.4 Å². The van der Waals surface area contributed by atoms with E-state index in [4.69, 9.17) is 15.0 Å². The molecule has 0 aliphatic carbocycles. The van der Waals surface area contributed by atoms with Gasteiger partial charge in [0.15, 0.2) is 11.5 Å². The number of carbonyl (C=O) groups is 1. The number of methoxy groups -OCH3 is 1. The van der Waals surface area contributed by atoms with Crippen LogP contribution in [0, 0.1) is 0 Å². The van der Waals surface area contributed by atoms with Crippen molar-refractivity contribution < 1.29 is 14.1 Å². The summed E-state index contributed by atoms with van der Waals surface area (Å²) in [5, 5.41) is 6.32. The number of halogens is 1. The zero-order valence-corrected chi connectivity index (χ0v) is 11.7. The molecule has 0 spiro atoms. The third kappa shape index (κ3) is 3.33. The second-order valence-corrected chi connectivity index (χ2v) is 4.71. The van der Waals surface area contributed by atoms with Gasteiger partial charge in [0.25, 0.3) is 5.91 Å². The molecule has 0 saturated heterocycles. The topological polar surface area (TPSA) is 90.4 Å². The van der Waals surface area contributed by atoms with E-state index in [-0.39, 0.29) is 18.2 Å². The van der Waals surface area contributed by atoms with E-state index in [1.54, 1.807) is 18.2 Å². The van der Waals surface area contributed by atoms with Gasteiger partial charge in [-0.25, -0.2) is 0 Å². The lowest BCUT2D eigenvalue weighted by molar-refractivity contribution is 0.101. The van der Waals surface area contributed by atoms with E-state index in [2.05, 4.69) is 26.4 Å². The monoisotopic (exact) mass is 325 g/mol. The Balaban J connectivity index is 2.11. The minimum atomic E-state index is -0.389. The van der Waals surface area contributed by atoms with E-state index < -0.39 is 0 Å². The average Bonchev–Trinajstić information content (AvgIpc) is 2.82. The Hall–Kier alpha value is -1.86. The summed E-state index contributed by atoms with van der Waals surface area (Å²) < 4.78 is 10.7. The van der Waals surface area contributed by atoms with Crippen LogP contribution in [-0.2, 0) is 11.3 Å². The molecule has 6 nitrogen and oxygen atoms in total. The number of nitrogens with two attached hydrogens (primary N) is 1. The van der Waals surface area contributed by atoms with Crippen LogP contribution in [-0.4, -0.2) is 18.2 Å². The fourth-order valence-corrected chi connectivity index (χ4v) is 1.84. The maximum absolute atomic E-state index is 11.9. The minimum Gasteiger partial charge on any atom is -0.397 e. The summed E-state index contributed by atoms with van der Waals surface area (Å²) in [5.41, 5.74) is 6.95. The maximum atomic E-state index is 11.9. The van der Waals surface area contributed by atoms with Crippen molar-refractivity contribution in [1.29, 1.82) is 0 Å². The van der Waals surface area contributed by atoms with Crippen LogP contribution >= 0.6 is 15.9 Å². The van der Waals surface area contributed by atoms with Gasteiger partial charge in [-0.05, 0) is 18.2 Å². The van der Waals surface area contributed by atoms with Crippen LogP contribution in [0.4, 0.5) is 11.4 Å². The zero-order chi connectivity index (χ0) is 13.8. The van der Waals surface area contributed by atoms with Crippen molar-refractivity contribution in [3.8, 4) is 0 Å². The van der Waals surface area contributed by atoms with E-state index in [1.807, 2.05) is 0 Å². The zero-order valence-electron chi connectivity index (χ0n) is 10.1. The first-order chi connectivity index (χ1) is 9.10. The predicted octanol–water partition coefficient (Wildman–Crippen LogP) is 2.42. The molecule has 0 aliphatic heterocycles. The first-order valence-corrected chi connectivity index (χ1v) is 6.20. The summed E-state index contributed by atoms with van der Waals surface area (Å²) in [6, 6.07) is 6.71. The highest BCUT2D eigenvalue weighted by molar-refractivity contribution is 9.10. The summed E-state index contributed by atoms with van der Waals surface area (Å²) in [6.07, 6.45) is 0. The van der Waals surface area contributed by atoms with Crippen LogP contribution in [0.3, 0.4) is 0 Å². The van der Waals surface area contributed by atoms with Gasteiger partial charge in [0, 0.05) is 17.6 Å². The average molecular weight is 326 g/mol. The molecule has 1 amide bonds. The molecule has 2 rings (SSSR count). The smallest absolute Gasteiger partial charge is 0.277 e. The van der Waals surface area contributed by atoms with Gasteiger partial charge >= 0.3 is 0 Å². The van der Waals surface area contributed by atoms with E-state index in [0.717, 1.165) is 4.47 Å². The molecular weight excluding hydrogens is 314 g/mol. The molecule has 7 heteroatoms. The van der Waals surface area contributed by atoms with Gasteiger partial charge in [-0.3, -0.25) is 4.79 Å². The van der Waals surface area contributed by atoms with E-state index in [1.165, 1.54) is 13.2 Å². The number of nitrogens with zero attached hydrogens (tertiary/aromatic N) is 1. The van der Waals surface area contributed by atoms with Gasteiger partial charge < -0.3 is 20.3 Å². The Morgan fingerprint density at radius 2 is 2.32 bits per heavy atom. The maximum Gasteiger partial charge on any atom is 0.277 e. The number of benzene rings is 1. The van der Waals surface area contributed by atoms with Gasteiger partial charge in [-0.15, -0.1) is 0 Å². The highest BCUT2D eigenvalue weighted by Crippen LogP contribution is 2.23. The molecule has 1 aromatic heterocycles. The Morgan fingerprint density at radius 3 is 3.00 bits per heavy atom. The predicted molar refractivity (Wildman–Crippen MR) is 73.7 cm³/mol. The Labute approximate surface area is 118 Å². The molecule has 0 bridgehead atoms. The number of carbonyl (C=O) groups excluding carboxylic acids is 1. The molecule has 0 radical (unpaired) electrons. The summed E-state index contributed by atoms with van der Waals surface area (Å²) in [5.74, 6) is 0.0940. The lowest BCUT2D eigenvalue weighted by Gasteiger charge is -2.06. The molecule has 0 fully saturated rings. The number of nitrogen functional groups attached to an aromatic ring is 1. The number of nitrogens with one attached hydrogen (secondary N) is 1. The van der Waals surface area contributed by atoms with Gasteiger partial charge in [-0.1, -0.05) is 21.1 Å². The van der Waals surface area contributed by atoms with Gasteiger partial charge in [0.1, 0.15) is 6.61 Å². The number of anilines is 2. The summed E-state index contributed by atoms with van der Waals surface area (Å²) in [7, 11) is 1.53. The normalized spacial score (nSPS) is 10.4. The number of amides is 1. The number of aromatic nitrogens is 1. The van der Waals surface area contributed by atoms with E-state index in [9.17, 15) is 4.79 Å². The molecule has 1 heterocycles. The molecule has 0 saturated carbocycles. The van der Waals surface area contributed by atoms with Crippen LogP contribution in [0.5, 0.6) is 0 Å². The van der Waals surface area contributed by atoms with Crippen LogP contribution in [0.1, 0.15) is 16.2 Å². The first-order valence-electron chi connectivity index (χ1n) is 5.41. The number of rotatable bonds is 4. The Kier molecular flexibility index (Phi) is 4.18. The minimum absolute atomic E-state index is 0.175. The van der Waals surface area contributed by atoms with Crippen LogP contribution in [0.2, 0.25) is 0 Å². The molecule has 2 aromatic rings. The number of ether oxygens (including phenoxy) is 1. The standard InChI is InChI=1S/C12H12BrN3O3/c1-18-6-8-5-11(16-19-8)12(17)15-10-3-2-7(13)4-9(10)14/h2-5H,6,14H2,1H3,(H,15,17). The molecule has 100 valence electrons. The summed E-state index contributed by atoms with van der Waals surface area (Å²) in [4.78, 5) is 11.9. The molecule has 0 aliphatic rings. The largest absolute Gasteiger partial charge is 0.397 e. The van der Waals surface area contributed by atoms with E-state index in [0.29, 0.717) is 17.1 Å². The molecule has 1 aromatic carbocycles. The summed E-state index contributed by atoms with van der Waals surface area (Å²) in [6.45, 7) is 0.265. The van der Waals surface area contributed by atoms with Crippen molar-refractivity contribution in [3.05, 3.63) is 40.2 Å². The van der Waals surface area contributed by atoms with Crippen LogP contribution in [0.25, 0.3) is 0 Å². The van der Waals surface area contributed by atoms with Crippen LogP contribution in [0.15, 0.2) is 33.3 Å². The van der Waals surface area contributed by atoms with Crippen molar-refractivity contribution in [2.24, 2.45) is 0 Å². The van der Waals surface area contributed by atoms with Crippen molar-refractivity contribution in [2.75, 3.05) is 18.2 Å². The second-order valence-electron chi connectivity index (χ2n) is 3.80. The number of hydrogen-bond donors (Lipinski definition) is 2. The Bertz CT molecular complexity index is 598. The number of hydrogen-bond acceptors (Lipinski definition) is 5. The molecule has 0 atom stereocenters. The summed E-state index contributed by atoms with van der Waals surface area (Å²) >= 11 is 3.29. The quantitative estimate of drug-likeness (QED) is 0.842. The van der Waals surface area contributed by atoms with Crippen molar-refractivity contribution >= 4 is 33.2 Å². The van der Waals surface area contributed by atoms with Crippen molar-refractivity contribution in [2.45, 2.75) is 6.61 Å². The SMILES string of the molecule is COCc1cc(C(=O)Nc2ccc(Br)cc2N)no1. The van der Waals surface area contributed by atoms with Gasteiger partial charge in [0.2, 0.25) is 0 Å². The molecule has 0 unspecified atom stereocenters. The lowest BCUT2D eigenvalue weighted by Crippen LogP contribution is -2.13. The highest BCUT2D eigenvalue weighted by atomic mass is 79.9. The Morgan fingerprint density at radius 1 is 1.53 bits per heavy atom. The molecule has 19 heavy (non-hydrogen) atoms. The third-order valence-electron chi connectivity index (χ3n) is 2.34. The molecular formula is C12H12BrN3O3. The highest BCUT2D eigenvalue weighted by Gasteiger charge is 2.13. The van der Waals surface area contributed by atoms with Crippen LogP contribution < -0.4 is 11.1 Å². The van der Waals surface area contributed by atoms with E-state index >= 15 is 0 Å². The van der Waals surface area contributed by atoms with Gasteiger partial charge in [-0.2, -0.15) is 0 Å².